The zero-order valence-corrected chi connectivity index (χ0v) is 9.05. The van der Waals surface area contributed by atoms with Crippen molar-refractivity contribution in [3.8, 4) is 6.07 Å². The van der Waals surface area contributed by atoms with Crippen LogP contribution < -0.4 is 5.73 Å². The van der Waals surface area contributed by atoms with E-state index in [0.29, 0.717) is 16.5 Å². The topological polar surface area (TPSA) is 49.8 Å². The van der Waals surface area contributed by atoms with Crippen molar-refractivity contribution in [2.24, 2.45) is 11.7 Å². The summed E-state index contributed by atoms with van der Waals surface area (Å²) in [5.74, 6) is 0.360. The summed E-state index contributed by atoms with van der Waals surface area (Å²) in [6.45, 7) is 4.10. The molecular weight excluding hydrogens is 196 g/mol. The van der Waals surface area contributed by atoms with Crippen molar-refractivity contribution in [3.05, 3.63) is 34.3 Å². The van der Waals surface area contributed by atoms with Gasteiger partial charge in [-0.3, -0.25) is 0 Å². The summed E-state index contributed by atoms with van der Waals surface area (Å²) in [6.07, 6.45) is 0. The fourth-order valence-corrected chi connectivity index (χ4v) is 1.45. The first-order chi connectivity index (χ1) is 6.56. The third kappa shape index (κ3) is 2.25. The lowest BCUT2D eigenvalue weighted by molar-refractivity contribution is 0.514. The molecule has 0 fully saturated rings. The molecule has 14 heavy (non-hydrogen) atoms. The van der Waals surface area contributed by atoms with Crippen molar-refractivity contribution in [2.75, 3.05) is 0 Å². The second-order valence-corrected chi connectivity index (χ2v) is 4.03. The van der Waals surface area contributed by atoms with E-state index in [1.54, 1.807) is 12.1 Å². The number of nitriles is 1. The van der Waals surface area contributed by atoms with Gasteiger partial charge in [0.05, 0.1) is 10.6 Å². The Hall–Kier alpha value is -1.04. The Kier molecular flexibility index (Phi) is 3.51. The molecule has 0 heterocycles. The Morgan fingerprint density at radius 1 is 1.43 bits per heavy atom. The van der Waals surface area contributed by atoms with Crippen LogP contribution >= 0.6 is 11.6 Å². The molecule has 0 amide bonds. The average Bonchev–Trinajstić information content (AvgIpc) is 2.16. The van der Waals surface area contributed by atoms with Crippen LogP contribution in [0.2, 0.25) is 5.02 Å². The number of hydrogen-bond donors (Lipinski definition) is 1. The maximum absolute atomic E-state index is 8.69. The van der Waals surface area contributed by atoms with Gasteiger partial charge in [0, 0.05) is 6.04 Å². The Balaban J connectivity index is 3.04. The van der Waals surface area contributed by atoms with Gasteiger partial charge in [0.25, 0.3) is 0 Å². The van der Waals surface area contributed by atoms with Crippen molar-refractivity contribution in [2.45, 2.75) is 19.9 Å². The normalized spacial score (nSPS) is 12.6. The van der Waals surface area contributed by atoms with Gasteiger partial charge >= 0.3 is 0 Å². The lowest BCUT2D eigenvalue weighted by atomic mass is 9.96. The number of halogens is 1. The van der Waals surface area contributed by atoms with Gasteiger partial charge in [-0.25, -0.2) is 0 Å². The molecule has 0 saturated carbocycles. The van der Waals surface area contributed by atoms with Crippen molar-refractivity contribution >= 4 is 11.6 Å². The van der Waals surface area contributed by atoms with Crippen LogP contribution in [0.1, 0.15) is 31.0 Å². The Morgan fingerprint density at radius 3 is 2.50 bits per heavy atom. The Bertz CT molecular complexity index is 366. The molecule has 2 nitrogen and oxygen atoms in total. The quantitative estimate of drug-likeness (QED) is 0.813. The van der Waals surface area contributed by atoms with E-state index < -0.39 is 0 Å². The zero-order chi connectivity index (χ0) is 10.7. The fraction of sp³-hybridized carbons (Fsp3) is 0.364. The monoisotopic (exact) mass is 208 g/mol. The maximum Gasteiger partial charge on any atom is 0.101 e. The van der Waals surface area contributed by atoms with E-state index in [4.69, 9.17) is 22.6 Å². The van der Waals surface area contributed by atoms with Gasteiger partial charge in [0.1, 0.15) is 6.07 Å². The van der Waals surface area contributed by atoms with Crippen LogP contribution in [0.3, 0.4) is 0 Å². The van der Waals surface area contributed by atoms with Crippen LogP contribution in [0.15, 0.2) is 18.2 Å². The van der Waals surface area contributed by atoms with E-state index >= 15 is 0 Å². The first kappa shape index (κ1) is 11.0. The maximum atomic E-state index is 8.69. The second kappa shape index (κ2) is 4.45. The summed E-state index contributed by atoms with van der Waals surface area (Å²) in [6, 6.07) is 7.32. The summed E-state index contributed by atoms with van der Waals surface area (Å²) in [5, 5.41) is 9.16. The van der Waals surface area contributed by atoms with Gasteiger partial charge in [-0.05, 0) is 23.6 Å². The number of nitrogens with two attached hydrogens (primary N) is 1. The standard InChI is InChI=1S/C11H13ClN2/c1-7(2)11(14)8-3-4-9(6-13)10(12)5-8/h3-5,7,11H,14H2,1-2H3. The second-order valence-electron chi connectivity index (χ2n) is 3.62. The minimum Gasteiger partial charge on any atom is -0.324 e. The highest BCUT2D eigenvalue weighted by Crippen LogP contribution is 2.24. The molecule has 2 N–H and O–H groups in total. The zero-order valence-electron chi connectivity index (χ0n) is 8.29. The largest absolute Gasteiger partial charge is 0.324 e. The molecule has 1 unspecified atom stereocenters. The first-order valence-corrected chi connectivity index (χ1v) is 4.89. The minimum atomic E-state index is -0.0276. The van der Waals surface area contributed by atoms with Crippen LogP contribution in [0, 0.1) is 17.2 Å². The first-order valence-electron chi connectivity index (χ1n) is 4.51. The molecule has 0 aliphatic heterocycles. The lowest BCUT2D eigenvalue weighted by Crippen LogP contribution is -2.16. The number of nitrogens with zero attached hydrogens (tertiary/aromatic N) is 1. The van der Waals surface area contributed by atoms with Crippen molar-refractivity contribution in [3.63, 3.8) is 0 Å². The molecule has 0 aromatic heterocycles. The number of hydrogen-bond acceptors (Lipinski definition) is 2. The van der Waals surface area contributed by atoms with Gasteiger partial charge in [-0.15, -0.1) is 0 Å². The predicted molar refractivity (Wildman–Crippen MR) is 57.9 cm³/mol. The van der Waals surface area contributed by atoms with Crippen LogP contribution in [-0.2, 0) is 0 Å². The smallest absolute Gasteiger partial charge is 0.101 e. The van der Waals surface area contributed by atoms with Crippen LogP contribution in [-0.4, -0.2) is 0 Å². The van der Waals surface area contributed by atoms with Crippen LogP contribution in [0.5, 0.6) is 0 Å². The summed E-state index contributed by atoms with van der Waals surface area (Å²) in [5.41, 5.74) is 7.42. The van der Waals surface area contributed by atoms with Gasteiger partial charge in [-0.2, -0.15) is 5.26 Å². The van der Waals surface area contributed by atoms with E-state index in [1.807, 2.05) is 12.1 Å². The van der Waals surface area contributed by atoms with Gasteiger partial charge < -0.3 is 5.73 Å². The van der Waals surface area contributed by atoms with Crippen molar-refractivity contribution < 1.29 is 0 Å². The van der Waals surface area contributed by atoms with E-state index in [1.165, 1.54) is 0 Å². The summed E-state index contributed by atoms with van der Waals surface area (Å²) < 4.78 is 0. The van der Waals surface area contributed by atoms with E-state index in [9.17, 15) is 0 Å². The third-order valence-electron chi connectivity index (χ3n) is 2.22. The molecule has 3 heteroatoms. The predicted octanol–water partition coefficient (Wildman–Crippen LogP) is 2.87. The van der Waals surface area contributed by atoms with E-state index in [-0.39, 0.29) is 6.04 Å². The molecule has 74 valence electrons. The minimum absolute atomic E-state index is 0.0276. The molecule has 0 spiro atoms. The molecule has 0 aliphatic carbocycles. The fourth-order valence-electron chi connectivity index (χ4n) is 1.21. The highest BCUT2D eigenvalue weighted by molar-refractivity contribution is 6.31. The highest BCUT2D eigenvalue weighted by atomic mass is 35.5. The molecule has 1 rings (SSSR count). The molecule has 0 saturated heterocycles. The molecular formula is C11H13ClN2. The summed E-state index contributed by atoms with van der Waals surface area (Å²) in [4.78, 5) is 0. The van der Waals surface area contributed by atoms with E-state index in [2.05, 4.69) is 13.8 Å². The molecule has 0 radical (unpaired) electrons. The van der Waals surface area contributed by atoms with Crippen molar-refractivity contribution in [1.29, 1.82) is 5.26 Å². The SMILES string of the molecule is CC(C)C(N)c1ccc(C#N)c(Cl)c1. The highest BCUT2D eigenvalue weighted by Gasteiger charge is 2.11. The lowest BCUT2D eigenvalue weighted by Gasteiger charge is -2.16. The van der Waals surface area contributed by atoms with E-state index in [0.717, 1.165) is 5.56 Å². The average molecular weight is 209 g/mol. The van der Waals surface area contributed by atoms with Crippen LogP contribution in [0.25, 0.3) is 0 Å². The molecule has 0 aliphatic rings. The van der Waals surface area contributed by atoms with Gasteiger partial charge in [0.2, 0.25) is 0 Å². The Labute approximate surface area is 89.3 Å². The van der Waals surface area contributed by atoms with Crippen molar-refractivity contribution in [1.82, 2.24) is 0 Å². The summed E-state index contributed by atoms with van der Waals surface area (Å²) >= 11 is 5.90. The molecule has 1 atom stereocenters. The van der Waals surface area contributed by atoms with Crippen LogP contribution in [0.4, 0.5) is 0 Å². The summed E-state index contributed by atoms with van der Waals surface area (Å²) in [7, 11) is 0. The molecule has 1 aromatic carbocycles. The Morgan fingerprint density at radius 2 is 2.07 bits per heavy atom. The van der Waals surface area contributed by atoms with Gasteiger partial charge in [0.15, 0.2) is 0 Å². The molecule has 0 bridgehead atoms. The molecule has 1 aromatic rings. The third-order valence-corrected chi connectivity index (χ3v) is 2.53. The number of benzene rings is 1. The number of rotatable bonds is 2. The van der Waals surface area contributed by atoms with Gasteiger partial charge in [-0.1, -0.05) is 31.5 Å².